The third-order valence-corrected chi connectivity index (χ3v) is 3.58. The maximum absolute atomic E-state index is 14.4. The van der Waals surface area contributed by atoms with Gasteiger partial charge in [-0.2, -0.15) is 0 Å². The van der Waals surface area contributed by atoms with Crippen molar-refractivity contribution in [3.8, 4) is 17.1 Å². The molecular formula is C13H9Cl2FN4O. The lowest BCUT2D eigenvalue weighted by Gasteiger charge is -2.08. The first-order valence-electron chi connectivity index (χ1n) is 5.90. The van der Waals surface area contributed by atoms with Crippen molar-refractivity contribution in [2.24, 2.45) is 7.05 Å². The molecule has 0 aliphatic rings. The van der Waals surface area contributed by atoms with Crippen LogP contribution in [0.4, 0.5) is 4.39 Å². The van der Waals surface area contributed by atoms with Gasteiger partial charge in [-0.15, -0.1) is 0 Å². The first-order valence-corrected chi connectivity index (χ1v) is 6.65. The minimum atomic E-state index is -0.642. The molecule has 3 aromatic rings. The number of fused-ring (bicyclic) bond motifs is 1. The molecule has 1 aromatic carbocycles. The molecular weight excluding hydrogens is 318 g/mol. The van der Waals surface area contributed by atoms with E-state index >= 15 is 0 Å². The number of benzene rings is 1. The summed E-state index contributed by atoms with van der Waals surface area (Å²) in [6.45, 7) is 0. The van der Waals surface area contributed by atoms with Gasteiger partial charge in [0.05, 0.1) is 24.0 Å². The van der Waals surface area contributed by atoms with Gasteiger partial charge in [0.15, 0.2) is 28.2 Å². The summed E-state index contributed by atoms with van der Waals surface area (Å²) in [5.41, 5.74) is 1.12. The summed E-state index contributed by atoms with van der Waals surface area (Å²) in [6.07, 6.45) is 1.56. The van der Waals surface area contributed by atoms with Gasteiger partial charge in [-0.25, -0.2) is 19.3 Å². The molecule has 0 amide bonds. The van der Waals surface area contributed by atoms with Crippen LogP contribution in [0, 0.1) is 5.82 Å². The number of aromatic nitrogens is 4. The number of nitrogens with zero attached hydrogens (tertiary/aromatic N) is 4. The smallest absolute Gasteiger partial charge is 0.182 e. The van der Waals surface area contributed by atoms with Crippen LogP contribution in [0.1, 0.15) is 0 Å². The molecule has 0 saturated carbocycles. The van der Waals surface area contributed by atoms with Gasteiger partial charge in [0.25, 0.3) is 0 Å². The molecule has 5 nitrogen and oxygen atoms in total. The van der Waals surface area contributed by atoms with E-state index in [1.807, 2.05) is 0 Å². The zero-order chi connectivity index (χ0) is 15.1. The molecule has 2 aromatic heterocycles. The highest BCUT2D eigenvalue weighted by atomic mass is 35.5. The normalized spacial score (nSPS) is 11.1. The first-order chi connectivity index (χ1) is 10.0. The Morgan fingerprint density at radius 3 is 2.71 bits per heavy atom. The molecule has 0 fully saturated rings. The third-order valence-electron chi connectivity index (χ3n) is 3.02. The highest BCUT2D eigenvalue weighted by Crippen LogP contribution is 2.34. The average Bonchev–Trinajstić information content (AvgIpc) is 2.81. The second-order valence-corrected chi connectivity index (χ2v) is 5.07. The lowest BCUT2D eigenvalue weighted by atomic mass is 10.2. The Hall–Kier alpha value is -1.92. The van der Waals surface area contributed by atoms with Gasteiger partial charge < -0.3 is 9.30 Å². The Labute approximate surface area is 129 Å². The molecule has 0 atom stereocenters. The Bertz CT molecular complexity index is 850. The van der Waals surface area contributed by atoms with Gasteiger partial charge in [-0.3, -0.25) is 0 Å². The van der Waals surface area contributed by atoms with E-state index in [2.05, 4.69) is 15.0 Å². The van der Waals surface area contributed by atoms with Crippen LogP contribution in [0.25, 0.3) is 22.6 Å². The Morgan fingerprint density at radius 2 is 2.00 bits per heavy atom. The lowest BCUT2D eigenvalue weighted by Crippen LogP contribution is -1.98. The van der Waals surface area contributed by atoms with Crippen molar-refractivity contribution in [1.29, 1.82) is 0 Å². The fourth-order valence-electron chi connectivity index (χ4n) is 2.02. The first kappa shape index (κ1) is 14.0. The Balaban J connectivity index is 2.26. The van der Waals surface area contributed by atoms with Crippen molar-refractivity contribution < 1.29 is 9.13 Å². The summed E-state index contributed by atoms with van der Waals surface area (Å²) in [5.74, 6) is -0.579. The number of rotatable bonds is 2. The van der Waals surface area contributed by atoms with E-state index in [0.717, 1.165) is 0 Å². The molecule has 0 N–H and O–H groups in total. The highest BCUT2D eigenvalue weighted by molar-refractivity contribution is 6.33. The fraction of sp³-hybridized carbons (Fsp3) is 0.154. The molecule has 8 heteroatoms. The second kappa shape index (κ2) is 5.13. The van der Waals surface area contributed by atoms with E-state index < -0.39 is 5.82 Å². The van der Waals surface area contributed by atoms with Gasteiger partial charge in [0, 0.05) is 7.05 Å². The van der Waals surface area contributed by atoms with Crippen LogP contribution in [0.2, 0.25) is 10.2 Å². The highest BCUT2D eigenvalue weighted by Gasteiger charge is 2.19. The monoisotopic (exact) mass is 326 g/mol. The van der Waals surface area contributed by atoms with Crippen molar-refractivity contribution in [1.82, 2.24) is 19.5 Å². The molecule has 2 heterocycles. The van der Waals surface area contributed by atoms with Crippen molar-refractivity contribution in [2.75, 3.05) is 7.11 Å². The number of halogens is 3. The van der Waals surface area contributed by atoms with E-state index in [-0.39, 0.29) is 27.3 Å². The predicted octanol–water partition coefficient (Wildman–Crippen LogP) is 3.48. The van der Waals surface area contributed by atoms with Crippen molar-refractivity contribution in [3.63, 3.8) is 0 Å². The molecule has 0 radical (unpaired) electrons. The van der Waals surface area contributed by atoms with E-state index in [4.69, 9.17) is 27.9 Å². The van der Waals surface area contributed by atoms with E-state index in [1.165, 1.54) is 19.2 Å². The molecule has 0 spiro atoms. The summed E-state index contributed by atoms with van der Waals surface area (Å²) >= 11 is 12.0. The maximum Gasteiger partial charge on any atom is 0.182 e. The molecule has 3 rings (SSSR count). The summed E-state index contributed by atoms with van der Waals surface area (Å²) in [7, 11) is 3.11. The van der Waals surface area contributed by atoms with Crippen LogP contribution >= 0.6 is 23.2 Å². The topological polar surface area (TPSA) is 52.8 Å². The number of ether oxygens (including phenoxy) is 1. The standard InChI is InChI=1S/C13H9Cl2FN4O/c1-20-5-17-13-9(20)11(15)18-12(19-13)6-3-4-7(14)10(21-2)8(6)16/h3-5H,1-2H3. The quantitative estimate of drug-likeness (QED) is 0.676. The SMILES string of the molecule is COc1c(Cl)ccc(-c2nc(Cl)c3c(ncn3C)n2)c1F. The van der Waals surface area contributed by atoms with Gasteiger partial charge in [-0.05, 0) is 12.1 Å². The number of aryl methyl sites for hydroxylation is 1. The maximum atomic E-state index is 14.4. The average molecular weight is 327 g/mol. The van der Waals surface area contributed by atoms with E-state index in [0.29, 0.717) is 11.2 Å². The number of methoxy groups -OCH3 is 1. The van der Waals surface area contributed by atoms with Crippen LogP contribution in [-0.2, 0) is 7.05 Å². The summed E-state index contributed by atoms with van der Waals surface area (Å²) in [5, 5.41) is 0.368. The van der Waals surface area contributed by atoms with Crippen LogP contribution in [0.3, 0.4) is 0 Å². The van der Waals surface area contributed by atoms with E-state index in [9.17, 15) is 4.39 Å². The minimum absolute atomic E-state index is 0.0602. The lowest BCUT2D eigenvalue weighted by molar-refractivity contribution is 0.387. The van der Waals surface area contributed by atoms with E-state index in [1.54, 1.807) is 17.9 Å². The van der Waals surface area contributed by atoms with Gasteiger partial charge >= 0.3 is 0 Å². The molecule has 108 valence electrons. The van der Waals surface area contributed by atoms with Crippen LogP contribution in [-0.4, -0.2) is 26.6 Å². The number of imidazole rings is 1. The third kappa shape index (κ3) is 2.20. The largest absolute Gasteiger partial charge is 0.492 e. The van der Waals surface area contributed by atoms with Crippen molar-refractivity contribution >= 4 is 34.4 Å². The van der Waals surface area contributed by atoms with Gasteiger partial charge in [0.2, 0.25) is 0 Å². The summed E-state index contributed by atoms with van der Waals surface area (Å²) < 4.78 is 21.0. The molecule has 0 bridgehead atoms. The molecule has 0 aliphatic carbocycles. The van der Waals surface area contributed by atoms with Crippen LogP contribution in [0.5, 0.6) is 5.75 Å². The second-order valence-electron chi connectivity index (χ2n) is 4.31. The molecule has 0 saturated heterocycles. The summed E-state index contributed by atoms with van der Waals surface area (Å²) in [6, 6.07) is 2.99. The minimum Gasteiger partial charge on any atom is -0.492 e. The molecule has 0 unspecified atom stereocenters. The number of hydrogen-bond donors (Lipinski definition) is 0. The fourth-order valence-corrected chi connectivity index (χ4v) is 2.54. The zero-order valence-electron chi connectivity index (χ0n) is 11.1. The van der Waals surface area contributed by atoms with Crippen molar-refractivity contribution in [3.05, 3.63) is 34.5 Å². The van der Waals surface area contributed by atoms with Crippen LogP contribution in [0.15, 0.2) is 18.5 Å². The zero-order valence-corrected chi connectivity index (χ0v) is 12.6. The van der Waals surface area contributed by atoms with Crippen LogP contribution < -0.4 is 4.74 Å². The molecule has 0 aliphatic heterocycles. The predicted molar refractivity (Wildman–Crippen MR) is 78.3 cm³/mol. The Kier molecular flexibility index (Phi) is 3.43. The number of hydrogen-bond acceptors (Lipinski definition) is 4. The summed E-state index contributed by atoms with van der Waals surface area (Å²) in [4.78, 5) is 12.5. The van der Waals surface area contributed by atoms with Crippen molar-refractivity contribution in [2.45, 2.75) is 0 Å². The van der Waals surface area contributed by atoms with Gasteiger partial charge in [0.1, 0.15) is 5.52 Å². The Morgan fingerprint density at radius 1 is 1.24 bits per heavy atom. The molecule has 21 heavy (non-hydrogen) atoms. The van der Waals surface area contributed by atoms with Gasteiger partial charge in [-0.1, -0.05) is 23.2 Å².